The lowest BCUT2D eigenvalue weighted by atomic mass is 10.1. The number of nitro groups is 1. The summed E-state index contributed by atoms with van der Waals surface area (Å²) in [6.45, 7) is 2.50. The summed E-state index contributed by atoms with van der Waals surface area (Å²) < 4.78 is 5.38. The smallest absolute Gasteiger partial charge is 0.270 e. The van der Waals surface area contributed by atoms with E-state index in [0.717, 1.165) is 5.75 Å². The Morgan fingerprint density at radius 1 is 1.23 bits per heavy atom. The molecule has 3 rings (SSSR count). The third kappa shape index (κ3) is 4.01. The molecule has 0 unspecified atom stereocenters. The number of aromatic nitrogens is 1. The minimum Gasteiger partial charge on any atom is -0.494 e. The normalized spacial score (nSPS) is 11.0. The zero-order valence-electron chi connectivity index (χ0n) is 13.8. The van der Waals surface area contributed by atoms with E-state index in [9.17, 15) is 10.1 Å². The van der Waals surface area contributed by atoms with E-state index in [4.69, 9.17) is 10.5 Å². The van der Waals surface area contributed by atoms with Crippen LogP contribution in [0, 0.1) is 10.1 Å². The van der Waals surface area contributed by atoms with Crippen LogP contribution in [-0.4, -0.2) is 16.5 Å². The Hall–Kier alpha value is -3.33. The lowest BCUT2D eigenvalue weighted by Gasteiger charge is -2.01. The van der Waals surface area contributed by atoms with Crippen molar-refractivity contribution in [3.05, 3.63) is 58.6 Å². The van der Waals surface area contributed by atoms with Gasteiger partial charge in [0.2, 0.25) is 0 Å². The molecule has 3 aromatic rings. The standard InChI is InChI=1S/C17H15N5O3S/c1-2-25-14-8-6-12(7-9-14)20-21-16-15(19-17(18)26-16)11-4-3-5-13(10-11)22(23)24/h3-10H,2H2,1H3,(H2,18,19). The number of hydrogen-bond acceptors (Lipinski definition) is 8. The summed E-state index contributed by atoms with van der Waals surface area (Å²) in [5.41, 5.74) is 7.44. The number of azo groups is 1. The summed E-state index contributed by atoms with van der Waals surface area (Å²) in [5.74, 6) is 0.755. The van der Waals surface area contributed by atoms with E-state index in [-0.39, 0.29) is 5.69 Å². The van der Waals surface area contributed by atoms with Crippen molar-refractivity contribution in [2.45, 2.75) is 6.92 Å². The van der Waals surface area contributed by atoms with Gasteiger partial charge in [-0.05, 0) is 31.2 Å². The molecule has 2 N–H and O–H groups in total. The Balaban J connectivity index is 1.89. The molecule has 0 amide bonds. The Labute approximate surface area is 153 Å². The van der Waals surface area contributed by atoms with Crippen molar-refractivity contribution < 1.29 is 9.66 Å². The Kier molecular flexibility index (Phi) is 5.18. The van der Waals surface area contributed by atoms with Crippen LogP contribution in [0.2, 0.25) is 0 Å². The van der Waals surface area contributed by atoms with E-state index >= 15 is 0 Å². The van der Waals surface area contributed by atoms with E-state index in [1.165, 1.54) is 23.5 Å². The monoisotopic (exact) mass is 369 g/mol. The van der Waals surface area contributed by atoms with Crippen molar-refractivity contribution in [1.29, 1.82) is 0 Å². The van der Waals surface area contributed by atoms with Crippen LogP contribution >= 0.6 is 11.3 Å². The topological polar surface area (TPSA) is 116 Å². The number of nitrogens with two attached hydrogens (primary N) is 1. The van der Waals surface area contributed by atoms with Crippen molar-refractivity contribution in [1.82, 2.24) is 4.98 Å². The predicted octanol–water partition coefficient (Wildman–Crippen LogP) is 5.11. The molecule has 0 radical (unpaired) electrons. The van der Waals surface area contributed by atoms with Crippen LogP contribution in [0.1, 0.15) is 6.92 Å². The van der Waals surface area contributed by atoms with Gasteiger partial charge in [-0.1, -0.05) is 23.5 Å². The minimum atomic E-state index is -0.458. The third-order valence-corrected chi connectivity index (χ3v) is 4.13. The number of thiazole rings is 1. The highest BCUT2D eigenvalue weighted by molar-refractivity contribution is 7.19. The SMILES string of the molecule is CCOc1ccc(N=Nc2sc(N)nc2-c2cccc([N+](=O)[O-])c2)cc1. The van der Waals surface area contributed by atoms with Crippen molar-refractivity contribution in [3.63, 3.8) is 0 Å². The number of benzene rings is 2. The predicted molar refractivity (Wildman–Crippen MR) is 100 cm³/mol. The molecule has 1 heterocycles. The first-order chi connectivity index (χ1) is 12.6. The Morgan fingerprint density at radius 2 is 2.00 bits per heavy atom. The molecule has 0 aliphatic carbocycles. The van der Waals surface area contributed by atoms with Gasteiger partial charge in [0, 0.05) is 17.7 Å². The van der Waals surface area contributed by atoms with Crippen molar-refractivity contribution in [2.75, 3.05) is 12.3 Å². The van der Waals surface area contributed by atoms with Crippen molar-refractivity contribution in [3.8, 4) is 17.0 Å². The maximum atomic E-state index is 11.0. The number of nitrogens with zero attached hydrogens (tertiary/aromatic N) is 4. The molecule has 0 saturated heterocycles. The molecule has 26 heavy (non-hydrogen) atoms. The second kappa shape index (κ2) is 7.70. The highest BCUT2D eigenvalue weighted by Gasteiger charge is 2.15. The van der Waals surface area contributed by atoms with Crippen molar-refractivity contribution in [2.24, 2.45) is 10.2 Å². The number of hydrogen-bond donors (Lipinski definition) is 1. The maximum Gasteiger partial charge on any atom is 0.270 e. The average Bonchev–Trinajstić information content (AvgIpc) is 3.02. The highest BCUT2D eigenvalue weighted by atomic mass is 32.1. The molecule has 0 spiro atoms. The molecule has 2 aromatic carbocycles. The number of nitro benzene ring substituents is 1. The van der Waals surface area contributed by atoms with Crippen molar-refractivity contribution >= 4 is 32.8 Å². The van der Waals surface area contributed by atoms with Gasteiger partial charge in [0.15, 0.2) is 10.1 Å². The fourth-order valence-corrected chi connectivity index (χ4v) is 2.91. The van der Waals surface area contributed by atoms with Crippen LogP contribution in [0.3, 0.4) is 0 Å². The van der Waals surface area contributed by atoms with Gasteiger partial charge in [0.25, 0.3) is 5.69 Å². The van der Waals surface area contributed by atoms with E-state index in [2.05, 4.69) is 15.2 Å². The molecule has 0 bridgehead atoms. The molecule has 8 nitrogen and oxygen atoms in total. The summed E-state index contributed by atoms with van der Waals surface area (Å²) in [4.78, 5) is 14.7. The summed E-state index contributed by atoms with van der Waals surface area (Å²) in [6, 6.07) is 13.3. The first kappa shape index (κ1) is 17.5. The number of rotatable bonds is 6. The summed E-state index contributed by atoms with van der Waals surface area (Å²) in [6.07, 6.45) is 0. The van der Waals surface area contributed by atoms with Crippen LogP contribution in [-0.2, 0) is 0 Å². The Morgan fingerprint density at radius 3 is 2.69 bits per heavy atom. The van der Waals surface area contributed by atoms with Gasteiger partial charge in [0.1, 0.15) is 11.4 Å². The second-order valence-corrected chi connectivity index (χ2v) is 6.15. The molecule has 0 aliphatic heterocycles. The number of ether oxygens (including phenoxy) is 1. The van der Waals surface area contributed by atoms with Gasteiger partial charge in [-0.25, -0.2) is 4.98 Å². The fraction of sp³-hybridized carbons (Fsp3) is 0.118. The van der Waals surface area contributed by atoms with E-state index in [1.807, 2.05) is 6.92 Å². The van der Waals surface area contributed by atoms with Crippen LogP contribution in [0.5, 0.6) is 5.75 Å². The maximum absolute atomic E-state index is 11.0. The fourth-order valence-electron chi connectivity index (χ4n) is 2.23. The average molecular weight is 369 g/mol. The second-order valence-electron chi connectivity index (χ2n) is 5.14. The number of nitrogen functional groups attached to an aromatic ring is 1. The zero-order valence-corrected chi connectivity index (χ0v) is 14.6. The highest BCUT2D eigenvalue weighted by Crippen LogP contribution is 2.38. The molecule has 9 heteroatoms. The van der Waals surface area contributed by atoms with Gasteiger partial charge >= 0.3 is 0 Å². The summed E-state index contributed by atoms with van der Waals surface area (Å²) in [7, 11) is 0. The quantitative estimate of drug-likeness (QED) is 0.368. The van der Waals surface area contributed by atoms with Crippen LogP contribution < -0.4 is 10.5 Å². The first-order valence-electron chi connectivity index (χ1n) is 7.72. The lowest BCUT2D eigenvalue weighted by Crippen LogP contribution is -1.89. The van der Waals surface area contributed by atoms with Gasteiger partial charge < -0.3 is 10.5 Å². The largest absolute Gasteiger partial charge is 0.494 e. The Bertz CT molecular complexity index is 953. The van der Waals surface area contributed by atoms with Crippen LogP contribution in [0.25, 0.3) is 11.3 Å². The lowest BCUT2D eigenvalue weighted by molar-refractivity contribution is -0.384. The number of anilines is 1. The summed E-state index contributed by atoms with van der Waals surface area (Å²) >= 11 is 1.17. The molecular formula is C17H15N5O3S. The van der Waals surface area contributed by atoms with Gasteiger partial charge in [-0.15, -0.1) is 10.2 Å². The molecule has 0 atom stereocenters. The third-order valence-electron chi connectivity index (χ3n) is 3.36. The molecule has 0 saturated carbocycles. The molecule has 0 fully saturated rings. The molecular weight excluding hydrogens is 354 g/mol. The molecule has 1 aromatic heterocycles. The van der Waals surface area contributed by atoms with Gasteiger partial charge in [-0.3, -0.25) is 10.1 Å². The van der Waals surface area contributed by atoms with Crippen LogP contribution in [0.4, 0.5) is 21.5 Å². The molecule has 0 aliphatic rings. The van der Waals surface area contributed by atoms with Crippen LogP contribution in [0.15, 0.2) is 58.8 Å². The zero-order chi connectivity index (χ0) is 18.5. The van der Waals surface area contributed by atoms with E-state index in [0.29, 0.717) is 33.7 Å². The van der Waals surface area contributed by atoms with E-state index in [1.54, 1.807) is 36.4 Å². The minimum absolute atomic E-state index is 0.0246. The first-order valence-corrected chi connectivity index (χ1v) is 8.54. The van der Waals surface area contributed by atoms with Gasteiger partial charge in [0.05, 0.1) is 17.2 Å². The molecule has 132 valence electrons. The summed E-state index contributed by atoms with van der Waals surface area (Å²) in [5, 5.41) is 20.2. The van der Waals surface area contributed by atoms with E-state index < -0.39 is 4.92 Å². The van der Waals surface area contributed by atoms with Gasteiger partial charge in [-0.2, -0.15) is 0 Å². The number of non-ortho nitro benzene ring substituents is 1.